The standard InChI is InChI=1S/C21H23N3O4S2/c1-5-18-20(25)23-21(29-18)24-22-12-16-7-6-8-17(11-16)28-30(26,27)19-14(3)9-13(2)10-15(19)4/h6-12,18H,5H2,1-4H3,(H,23,24,25)/b22-12-/t18-/m1/s1. The highest BCUT2D eigenvalue weighted by Gasteiger charge is 2.28. The predicted octanol–water partition coefficient (Wildman–Crippen LogP) is 3.71. The fourth-order valence-electron chi connectivity index (χ4n) is 3.25. The normalized spacial score (nSPS) is 18.2. The first-order chi connectivity index (χ1) is 14.2. The number of hydrogen-bond donors (Lipinski definition) is 1. The molecule has 7 nitrogen and oxygen atoms in total. The summed E-state index contributed by atoms with van der Waals surface area (Å²) in [6, 6.07) is 10.2. The molecular formula is C21H23N3O4S2. The molecule has 0 saturated carbocycles. The average Bonchev–Trinajstić information content (AvgIpc) is 3.00. The van der Waals surface area contributed by atoms with Crippen molar-refractivity contribution in [2.45, 2.75) is 44.3 Å². The number of hydrogen-bond acceptors (Lipinski definition) is 7. The Morgan fingerprint density at radius 2 is 1.87 bits per heavy atom. The van der Waals surface area contributed by atoms with Crippen LogP contribution in [-0.2, 0) is 14.9 Å². The Kier molecular flexibility index (Phi) is 6.62. The number of aryl methyl sites for hydroxylation is 3. The van der Waals surface area contributed by atoms with E-state index < -0.39 is 10.1 Å². The lowest BCUT2D eigenvalue weighted by molar-refractivity contribution is -0.118. The number of nitrogens with zero attached hydrogens (tertiary/aromatic N) is 2. The molecule has 2 aromatic rings. The molecule has 2 aromatic carbocycles. The molecule has 158 valence electrons. The monoisotopic (exact) mass is 445 g/mol. The molecule has 0 bridgehead atoms. The maximum atomic E-state index is 12.8. The summed E-state index contributed by atoms with van der Waals surface area (Å²) in [7, 11) is -3.98. The van der Waals surface area contributed by atoms with Crippen LogP contribution in [0.5, 0.6) is 5.75 Å². The minimum absolute atomic E-state index is 0.0706. The second-order valence-electron chi connectivity index (χ2n) is 6.99. The molecule has 1 fully saturated rings. The second kappa shape index (κ2) is 9.01. The molecule has 1 saturated heterocycles. The van der Waals surface area contributed by atoms with E-state index in [1.54, 1.807) is 38.1 Å². The van der Waals surface area contributed by atoms with Gasteiger partial charge in [0.2, 0.25) is 5.91 Å². The summed E-state index contributed by atoms with van der Waals surface area (Å²) < 4.78 is 31.0. The molecule has 3 rings (SSSR count). The van der Waals surface area contributed by atoms with Crippen LogP contribution in [0.2, 0.25) is 0 Å². The van der Waals surface area contributed by atoms with Gasteiger partial charge >= 0.3 is 10.1 Å². The lowest BCUT2D eigenvalue weighted by Crippen LogP contribution is -2.24. The molecule has 30 heavy (non-hydrogen) atoms. The highest BCUT2D eigenvalue weighted by Crippen LogP contribution is 2.26. The van der Waals surface area contributed by atoms with Gasteiger partial charge in [-0.2, -0.15) is 13.5 Å². The molecule has 1 amide bonds. The van der Waals surface area contributed by atoms with Crippen LogP contribution in [0.4, 0.5) is 0 Å². The van der Waals surface area contributed by atoms with Crippen molar-refractivity contribution < 1.29 is 17.4 Å². The van der Waals surface area contributed by atoms with Gasteiger partial charge in [0.05, 0.1) is 11.5 Å². The quantitative estimate of drug-likeness (QED) is 0.415. The van der Waals surface area contributed by atoms with Gasteiger partial charge in [0.15, 0.2) is 5.17 Å². The topological polar surface area (TPSA) is 97.2 Å². The van der Waals surface area contributed by atoms with Crippen molar-refractivity contribution in [3.63, 3.8) is 0 Å². The number of carbonyl (C=O) groups is 1. The van der Waals surface area contributed by atoms with Crippen molar-refractivity contribution >= 4 is 39.2 Å². The van der Waals surface area contributed by atoms with Gasteiger partial charge in [-0.05, 0) is 56.0 Å². The van der Waals surface area contributed by atoms with Crippen LogP contribution in [-0.4, -0.2) is 31.0 Å². The van der Waals surface area contributed by atoms with E-state index in [9.17, 15) is 13.2 Å². The Hall–Kier alpha value is -2.65. The van der Waals surface area contributed by atoms with E-state index >= 15 is 0 Å². The fourth-order valence-corrected chi connectivity index (χ4v) is 5.45. The van der Waals surface area contributed by atoms with Crippen molar-refractivity contribution in [3.05, 3.63) is 58.7 Å². The van der Waals surface area contributed by atoms with Gasteiger partial charge in [0.25, 0.3) is 0 Å². The van der Waals surface area contributed by atoms with Crippen LogP contribution in [0.15, 0.2) is 51.5 Å². The molecule has 1 aliphatic rings. The summed E-state index contributed by atoms with van der Waals surface area (Å²) in [5.74, 6) is 0.110. The van der Waals surface area contributed by atoms with E-state index in [2.05, 4.69) is 15.5 Å². The first kappa shape index (κ1) is 22.0. The van der Waals surface area contributed by atoms with Crippen molar-refractivity contribution in [3.8, 4) is 5.75 Å². The van der Waals surface area contributed by atoms with E-state index in [1.165, 1.54) is 18.0 Å². The lowest BCUT2D eigenvalue weighted by Gasteiger charge is -2.13. The van der Waals surface area contributed by atoms with E-state index in [0.29, 0.717) is 28.3 Å². The van der Waals surface area contributed by atoms with Crippen LogP contribution in [0.3, 0.4) is 0 Å². The fraction of sp³-hybridized carbons (Fsp3) is 0.286. The summed E-state index contributed by atoms with van der Waals surface area (Å²) in [5, 5.41) is 11.0. The van der Waals surface area contributed by atoms with E-state index in [1.807, 2.05) is 26.0 Å². The van der Waals surface area contributed by atoms with Crippen molar-refractivity contribution in [2.24, 2.45) is 10.2 Å². The third-order valence-corrected chi connectivity index (χ3v) is 7.22. The molecule has 0 aliphatic carbocycles. The minimum atomic E-state index is -3.98. The minimum Gasteiger partial charge on any atom is -0.379 e. The second-order valence-corrected chi connectivity index (χ2v) is 9.67. The molecule has 0 radical (unpaired) electrons. The van der Waals surface area contributed by atoms with Gasteiger partial charge in [-0.25, -0.2) is 0 Å². The molecule has 1 atom stereocenters. The molecule has 0 spiro atoms. The first-order valence-corrected chi connectivity index (χ1v) is 11.7. The first-order valence-electron chi connectivity index (χ1n) is 9.40. The Morgan fingerprint density at radius 1 is 1.17 bits per heavy atom. The number of amides is 1. The van der Waals surface area contributed by atoms with Gasteiger partial charge < -0.3 is 9.50 Å². The lowest BCUT2D eigenvalue weighted by atomic mass is 10.1. The van der Waals surface area contributed by atoms with Gasteiger partial charge in [0, 0.05) is 0 Å². The number of nitrogens with one attached hydrogen (secondary N) is 1. The van der Waals surface area contributed by atoms with E-state index in [0.717, 1.165) is 5.56 Å². The van der Waals surface area contributed by atoms with Crippen LogP contribution in [0.25, 0.3) is 0 Å². The summed E-state index contributed by atoms with van der Waals surface area (Å²) in [4.78, 5) is 11.9. The predicted molar refractivity (Wildman–Crippen MR) is 120 cm³/mol. The molecular weight excluding hydrogens is 422 g/mol. The number of rotatable bonds is 6. The molecule has 0 unspecified atom stereocenters. The highest BCUT2D eigenvalue weighted by atomic mass is 32.2. The SMILES string of the molecule is CC[C@H]1S/C(=N/N=C\c2cccc(OS(=O)(=O)c3c(C)cc(C)cc3C)c2)NC1=O. The Morgan fingerprint density at radius 3 is 2.50 bits per heavy atom. The van der Waals surface area contributed by atoms with Crippen LogP contribution >= 0.6 is 11.8 Å². The van der Waals surface area contributed by atoms with Gasteiger partial charge in [0.1, 0.15) is 10.6 Å². The maximum absolute atomic E-state index is 12.8. The van der Waals surface area contributed by atoms with Crippen molar-refractivity contribution in [1.82, 2.24) is 5.32 Å². The largest absolute Gasteiger partial charge is 0.379 e. The number of thioether (sulfide) groups is 1. The third kappa shape index (κ3) is 5.09. The molecule has 1 N–H and O–H groups in total. The Balaban J connectivity index is 1.77. The van der Waals surface area contributed by atoms with Crippen LogP contribution in [0, 0.1) is 20.8 Å². The molecule has 9 heteroatoms. The van der Waals surface area contributed by atoms with Gasteiger partial charge in [-0.15, -0.1) is 5.10 Å². The summed E-state index contributed by atoms with van der Waals surface area (Å²) in [6.45, 7) is 7.35. The van der Waals surface area contributed by atoms with E-state index in [4.69, 9.17) is 4.18 Å². The smallest absolute Gasteiger partial charge is 0.339 e. The van der Waals surface area contributed by atoms with Crippen molar-refractivity contribution in [1.29, 1.82) is 0 Å². The zero-order valence-electron chi connectivity index (χ0n) is 17.2. The maximum Gasteiger partial charge on any atom is 0.339 e. The summed E-state index contributed by atoms with van der Waals surface area (Å²) in [6.07, 6.45) is 2.19. The van der Waals surface area contributed by atoms with Gasteiger partial charge in [-0.1, -0.05) is 48.5 Å². The van der Waals surface area contributed by atoms with E-state index in [-0.39, 0.29) is 21.8 Å². The molecule has 1 aliphatic heterocycles. The van der Waals surface area contributed by atoms with Crippen molar-refractivity contribution in [2.75, 3.05) is 0 Å². The average molecular weight is 446 g/mol. The Labute approximate surface area is 180 Å². The summed E-state index contributed by atoms with van der Waals surface area (Å²) >= 11 is 1.34. The summed E-state index contributed by atoms with van der Waals surface area (Å²) in [5.41, 5.74) is 2.89. The zero-order chi connectivity index (χ0) is 21.9. The zero-order valence-corrected chi connectivity index (χ0v) is 18.8. The molecule has 1 heterocycles. The highest BCUT2D eigenvalue weighted by molar-refractivity contribution is 8.15. The Bertz CT molecular complexity index is 1120. The number of amidine groups is 1. The van der Waals surface area contributed by atoms with Gasteiger partial charge in [-0.3, -0.25) is 4.79 Å². The molecule has 0 aromatic heterocycles. The third-order valence-electron chi connectivity index (χ3n) is 4.42. The number of benzene rings is 2. The van der Waals surface area contributed by atoms with Crippen LogP contribution in [0.1, 0.15) is 35.6 Å². The van der Waals surface area contributed by atoms with Crippen LogP contribution < -0.4 is 9.50 Å². The number of carbonyl (C=O) groups excluding carboxylic acids is 1.